The van der Waals surface area contributed by atoms with Gasteiger partial charge in [0.15, 0.2) is 0 Å². The number of amides is 3. The minimum atomic E-state index is -3.16. The first kappa shape index (κ1) is 52.8. The Hall–Kier alpha value is -3.38. The quantitative estimate of drug-likeness (QED) is 0.174. The number of likely N-dealkylation sites (tertiary alicyclic amines) is 2. The number of hydrogen-bond donors (Lipinski definition) is 9. The Morgan fingerprint density at radius 1 is 0.733 bits per heavy atom. The van der Waals surface area contributed by atoms with E-state index in [1.54, 1.807) is 0 Å². The molecule has 0 aromatic heterocycles. The minimum Gasteiger partial charge on any atom is -0.445 e. The first-order chi connectivity index (χ1) is 27.8. The molecule has 346 valence electrons. The van der Waals surface area contributed by atoms with E-state index in [9.17, 15) is 43.2 Å². The second kappa shape index (κ2) is 24.3. The molecule has 4 aliphatic heterocycles. The number of nitrogens with one attached hydrogen (secondary N) is 2. The summed E-state index contributed by atoms with van der Waals surface area (Å²) in [4.78, 5) is 37.8. The molecule has 8 atom stereocenters. The van der Waals surface area contributed by atoms with Gasteiger partial charge in [-0.15, -0.1) is 0 Å². The van der Waals surface area contributed by atoms with Crippen LogP contribution in [0, 0.1) is 0 Å². The lowest BCUT2D eigenvalue weighted by Gasteiger charge is -2.35. The zero-order valence-electron chi connectivity index (χ0n) is 36.2. The molecule has 5 rings (SSSR count). The minimum absolute atomic E-state index is 0.125. The number of nitrogens with two attached hydrogens (primary N) is 3. The fourth-order valence-corrected chi connectivity index (χ4v) is 6.89. The number of nitrogens with zero attached hydrogens (tertiary/aromatic N) is 3. The zero-order valence-corrected chi connectivity index (χ0v) is 37.1. The maximum absolute atomic E-state index is 11.6. The van der Waals surface area contributed by atoms with Gasteiger partial charge < -0.3 is 72.3 Å². The summed E-state index contributed by atoms with van der Waals surface area (Å²) in [6.45, 7) is 14.6. The summed E-state index contributed by atoms with van der Waals surface area (Å²) in [5.41, 5.74) is 16.7. The molecule has 60 heavy (non-hydrogen) atoms. The number of aliphatic hydroxyl groups excluding tert-OH is 4. The van der Waals surface area contributed by atoms with Gasteiger partial charge in [0.2, 0.25) is 10.0 Å². The van der Waals surface area contributed by atoms with E-state index in [-0.39, 0.29) is 62.6 Å². The van der Waals surface area contributed by atoms with E-state index in [1.807, 2.05) is 71.9 Å². The molecule has 12 N–H and O–H groups in total. The van der Waals surface area contributed by atoms with Gasteiger partial charge in [-0.05, 0) is 79.3 Å². The molecule has 0 unspecified atom stereocenters. The second-order valence-electron chi connectivity index (χ2n) is 17.4. The summed E-state index contributed by atoms with van der Waals surface area (Å²) in [6.07, 6.45) is -0.228. The van der Waals surface area contributed by atoms with Crippen LogP contribution in [0.1, 0.15) is 72.8 Å². The number of benzene rings is 1. The van der Waals surface area contributed by atoms with Crippen molar-refractivity contribution in [1.82, 2.24) is 24.7 Å². The van der Waals surface area contributed by atoms with Crippen LogP contribution in [-0.2, 0) is 30.8 Å². The first-order valence-corrected chi connectivity index (χ1v) is 22.2. The highest BCUT2D eigenvalue weighted by molar-refractivity contribution is 7.88. The summed E-state index contributed by atoms with van der Waals surface area (Å²) in [5.74, 6) is 0. The van der Waals surface area contributed by atoms with Gasteiger partial charge in [0.25, 0.3) is 0 Å². The molecular formula is C39H72N8O12S. The average molecular weight is 877 g/mol. The van der Waals surface area contributed by atoms with Gasteiger partial charge in [-0.3, -0.25) is 0 Å². The Morgan fingerprint density at radius 3 is 1.58 bits per heavy atom. The molecule has 4 fully saturated rings. The molecule has 20 nitrogen and oxygen atoms in total. The lowest BCUT2D eigenvalue weighted by molar-refractivity contribution is -0.00110. The lowest BCUT2D eigenvalue weighted by Crippen LogP contribution is -2.53. The number of aliphatic hydroxyl groups is 4. The third-order valence-electron chi connectivity index (χ3n) is 9.60. The Kier molecular flexibility index (Phi) is 21.4. The highest BCUT2D eigenvalue weighted by atomic mass is 32.2. The number of rotatable bonds is 4. The molecule has 4 saturated heterocycles. The molecule has 0 bridgehead atoms. The SMILES string of the molecule is CC(C)(C)OC(=O)N1CC[C@@H](N)[C@H](O)C1.CC(C)(C)OC(=O)N1CC[C@@H](N)[C@H](O)C1.CS(=O)(=O)N1CC[C@@H](N)[C@H](O)C1.O=C(N[C@@H]1CCNC[C@H]1O)OCc1ccccc1. The molecule has 4 aliphatic rings. The Balaban J connectivity index is 0.000000278. The Bertz CT molecular complexity index is 1520. The molecule has 0 spiro atoms. The third-order valence-corrected chi connectivity index (χ3v) is 10.9. The molecule has 3 amide bonds. The van der Waals surface area contributed by atoms with Crippen LogP contribution in [0.5, 0.6) is 0 Å². The van der Waals surface area contributed by atoms with Crippen molar-refractivity contribution >= 4 is 28.3 Å². The van der Waals surface area contributed by atoms with Crippen LogP contribution in [0.25, 0.3) is 0 Å². The smallest absolute Gasteiger partial charge is 0.410 e. The van der Waals surface area contributed by atoms with E-state index >= 15 is 0 Å². The predicted molar refractivity (Wildman–Crippen MR) is 225 cm³/mol. The fourth-order valence-electron chi connectivity index (χ4n) is 6.03. The number of alkyl carbamates (subject to hydrolysis) is 1. The van der Waals surface area contributed by atoms with E-state index in [1.165, 1.54) is 14.1 Å². The van der Waals surface area contributed by atoms with Crippen LogP contribution >= 0.6 is 0 Å². The predicted octanol–water partition coefficient (Wildman–Crippen LogP) is -0.394. The van der Waals surface area contributed by atoms with E-state index in [0.29, 0.717) is 51.9 Å². The van der Waals surface area contributed by atoms with Crippen molar-refractivity contribution in [3.63, 3.8) is 0 Å². The molecule has 0 aliphatic carbocycles. The molecule has 1 aromatic rings. The number of piperidine rings is 4. The maximum Gasteiger partial charge on any atom is 0.410 e. The van der Waals surface area contributed by atoms with Crippen molar-refractivity contribution < 1.29 is 57.4 Å². The number of hydrogen-bond acceptors (Lipinski definition) is 16. The van der Waals surface area contributed by atoms with Crippen molar-refractivity contribution in [2.24, 2.45) is 17.2 Å². The third kappa shape index (κ3) is 20.5. The van der Waals surface area contributed by atoms with Gasteiger partial charge in [-0.1, -0.05) is 30.3 Å². The molecule has 1 aromatic carbocycles. The maximum atomic E-state index is 11.6. The average Bonchev–Trinajstić information content (AvgIpc) is 3.14. The second-order valence-corrected chi connectivity index (χ2v) is 19.4. The summed E-state index contributed by atoms with van der Waals surface area (Å²) >= 11 is 0. The normalized spacial score (nSPS) is 27.6. The van der Waals surface area contributed by atoms with Gasteiger partial charge in [-0.2, -0.15) is 4.31 Å². The number of β-amino-alcohol motifs (C(OH)–C–C–N with tert-alkyl or cyclic N) is 4. The summed E-state index contributed by atoms with van der Waals surface area (Å²) in [7, 11) is -3.16. The topological polar surface area (TPSA) is 306 Å². The fraction of sp³-hybridized carbons (Fsp3) is 0.769. The summed E-state index contributed by atoms with van der Waals surface area (Å²) in [5, 5.41) is 43.7. The molecular weight excluding hydrogens is 805 g/mol. The molecule has 0 radical (unpaired) electrons. The number of sulfonamides is 1. The van der Waals surface area contributed by atoms with Crippen LogP contribution in [0.2, 0.25) is 0 Å². The van der Waals surface area contributed by atoms with Crippen molar-refractivity contribution in [1.29, 1.82) is 0 Å². The Morgan fingerprint density at radius 2 is 1.18 bits per heavy atom. The number of ether oxygens (including phenoxy) is 3. The lowest BCUT2D eigenvalue weighted by atomic mass is 10.0. The van der Waals surface area contributed by atoms with E-state index in [4.69, 9.17) is 31.4 Å². The number of carbonyl (C=O) groups excluding carboxylic acids is 3. The van der Waals surface area contributed by atoms with Crippen molar-refractivity contribution in [2.45, 2.75) is 134 Å². The van der Waals surface area contributed by atoms with Crippen LogP contribution in [0.4, 0.5) is 14.4 Å². The van der Waals surface area contributed by atoms with Crippen molar-refractivity contribution in [3.8, 4) is 0 Å². The van der Waals surface area contributed by atoms with Gasteiger partial charge in [0.1, 0.15) is 17.8 Å². The molecule has 4 heterocycles. The summed E-state index contributed by atoms with van der Waals surface area (Å²) in [6, 6.07) is 8.51. The van der Waals surface area contributed by atoms with Crippen molar-refractivity contribution in [3.05, 3.63) is 35.9 Å². The van der Waals surface area contributed by atoms with Crippen molar-refractivity contribution in [2.75, 3.05) is 58.6 Å². The highest BCUT2D eigenvalue weighted by Gasteiger charge is 2.32. The Labute approximate surface area is 355 Å². The van der Waals surface area contributed by atoms with Gasteiger partial charge in [0.05, 0.1) is 49.8 Å². The molecule has 21 heteroatoms. The van der Waals surface area contributed by atoms with Gasteiger partial charge in [-0.25, -0.2) is 22.8 Å². The monoisotopic (exact) mass is 876 g/mol. The van der Waals surface area contributed by atoms with Gasteiger partial charge >= 0.3 is 18.3 Å². The van der Waals surface area contributed by atoms with E-state index < -0.39 is 51.7 Å². The van der Waals surface area contributed by atoms with Crippen LogP contribution in [0.3, 0.4) is 0 Å². The van der Waals surface area contributed by atoms with E-state index in [0.717, 1.165) is 18.4 Å². The van der Waals surface area contributed by atoms with E-state index in [2.05, 4.69) is 10.6 Å². The van der Waals surface area contributed by atoms with Crippen LogP contribution in [0.15, 0.2) is 30.3 Å². The zero-order chi connectivity index (χ0) is 45.4. The first-order valence-electron chi connectivity index (χ1n) is 20.3. The summed E-state index contributed by atoms with van der Waals surface area (Å²) < 4.78 is 38.8. The highest BCUT2D eigenvalue weighted by Crippen LogP contribution is 2.17. The standard InChI is InChI=1S/C13H18N2O3.2C10H20N2O3.C6H14N2O3S/c16-12-8-14-7-6-11(12)15-13(17)18-9-10-4-2-1-3-5-10;2*1-10(2,3)15-9(14)12-5-4-7(11)8(13)6-12;1-12(10,11)8-3-2-5(7)6(9)4-8/h1-5,11-12,14,16H,6-9H2,(H,15,17);2*7-8,13H,4-6,11H2,1-3H3;5-6,9H,2-4,7H2,1H3/t11-,12-;2*7-,8-;5-,6-/m1111/s1. The van der Waals surface area contributed by atoms with Crippen LogP contribution in [-0.4, -0.2) is 180 Å². The molecule has 0 saturated carbocycles. The van der Waals surface area contributed by atoms with Crippen LogP contribution < -0.4 is 27.8 Å². The number of carbonyl (C=O) groups is 3. The van der Waals surface area contributed by atoms with Gasteiger partial charge in [0, 0.05) is 50.8 Å². The largest absolute Gasteiger partial charge is 0.445 e.